The van der Waals surface area contributed by atoms with Crippen molar-refractivity contribution in [2.24, 2.45) is 0 Å². The number of hydrogen-bond acceptors (Lipinski definition) is 3. The Balaban J connectivity index is 4.43. The zero-order valence-corrected chi connectivity index (χ0v) is 5.72. The quantitative estimate of drug-likeness (QED) is 0.423. The molecule has 0 saturated heterocycles. The molecule has 0 bridgehead atoms. The standard InChI is InChI=1S/C4H8O4S/c1-3(2)4(5)9(6,7)8/h4-5H,1H2,2H3,(H,6,7,8). The Morgan fingerprint density at radius 2 is 2.00 bits per heavy atom. The topological polar surface area (TPSA) is 74.6 Å². The maximum absolute atomic E-state index is 10.0. The minimum atomic E-state index is -4.35. The highest BCUT2D eigenvalue weighted by Gasteiger charge is 2.19. The summed E-state index contributed by atoms with van der Waals surface area (Å²) in [5, 5.41) is 8.53. The van der Waals surface area contributed by atoms with Crippen LogP contribution in [0.4, 0.5) is 0 Å². The second kappa shape index (κ2) is 2.47. The fourth-order valence-electron chi connectivity index (χ4n) is 0.254. The van der Waals surface area contributed by atoms with Crippen LogP contribution < -0.4 is 0 Å². The van der Waals surface area contributed by atoms with Crippen LogP contribution in [0.5, 0.6) is 0 Å². The fourth-order valence-corrected chi connectivity index (χ4v) is 0.763. The van der Waals surface area contributed by atoms with Gasteiger partial charge in [0.1, 0.15) is 0 Å². The fraction of sp³-hybridized carbons (Fsp3) is 0.500. The Labute approximate surface area is 53.6 Å². The zero-order valence-electron chi connectivity index (χ0n) is 4.90. The summed E-state index contributed by atoms with van der Waals surface area (Å²) in [6.07, 6.45) is 0. The van der Waals surface area contributed by atoms with Gasteiger partial charge < -0.3 is 5.11 Å². The van der Waals surface area contributed by atoms with Gasteiger partial charge in [0.15, 0.2) is 0 Å². The van der Waals surface area contributed by atoms with Crippen molar-refractivity contribution in [3.05, 3.63) is 12.2 Å². The van der Waals surface area contributed by atoms with E-state index < -0.39 is 15.6 Å². The average molecular weight is 152 g/mol. The number of aliphatic hydroxyl groups is 1. The number of aliphatic hydroxyl groups excluding tert-OH is 1. The maximum Gasteiger partial charge on any atom is 0.296 e. The van der Waals surface area contributed by atoms with Crippen molar-refractivity contribution < 1.29 is 18.1 Å². The Morgan fingerprint density at radius 3 is 2.00 bits per heavy atom. The van der Waals surface area contributed by atoms with Crippen molar-refractivity contribution in [2.75, 3.05) is 0 Å². The number of rotatable bonds is 2. The van der Waals surface area contributed by atoms with Crippen LogP contribution in [0.3, 0.4) is 0 Å². The van der Waals surface area contributed by atoms with E-state index in [4.69, 9.17) is 9.66 Å². The second-order valence-electron chi connectivity index (χ2n) is 1.71. The molecule has 5 heteroatoms. The Morgan fingerprint density at radius 1 is 1.67 bits per heavy atom. The summed E-state index contributed by atoms with van der Waals surface area (Å²) in [5.74, 6) is 0. The molecule has 0 radical (unpaired) electrons. The van der Waals surface area contributed by atoms with Gasteiger partial charge in [-0.25, -0.2) is 0 Å². The Bertz CT molecular complexity index is 203. The molecule has 54 valence electrons. The van der Waals surface area contributed by atoms with E-state index in [0.29, 0.717) is 0 Å². The van der Waals surface area contributed by atoms with Gasteiger partial charge in [-0.2, -0.15) is 8.42 Å². The first-order valence-corrected chi connectivity index (χ1v) is 3.66. The van der Waals surface area contributed by atoms with Crippen molar-refractivity contribution in [3.63, 3.8) is 0 Å². The van der Waals surface area contributed by atoms with Crippen molar-refractivity contribution in [2.45, 2.75) is 12.4 Å². The van der Waals surface area contributed by atoms with Gasteiger partial charge in [-0.1, -0.05) is 6.58 Å². The first kappa shape index (κ1) is 8.61. The molecule has 0 aromatic rings. The third kappa shape index (κ3) is 2.59. The van der Waals surface area contributed by atoms with E-state index in [1.165, 1.54) is 6.92 Å². The molecule has 0 fully saturated rings. The Hall–Kier alpha value is -0.390. The highest BCUT2D eigenvalue weighted by Crippen LogP contribution is 2.03. The molecule has 4 nitrogen and oxygen atoms in total. The molecule has 1 atom stereocenters. The van der Waals surface area contributed by atoms with Crippen LogP contribution in [-0.2, 0) is 10.1 Å². The molecule has 0 aromatic carbocycles. The van der Waals surface area contributed by atoms with E-state index in [0.717, 1.165) is 0 Å². The van der Waals surface area contributed by atoms with E-state index in [9.17, 15) is 8.42 Å². The molecule has 0 heterocycles. The van der Waals surface area contributed by atoms with Crippen LogP contribution in [0.2, 0.25) is 0 Å². The highest BCUT2D eigenvalue weighted by atomic mass is 32.2. The van der Waals surface area contributed by atoms with Crippen molar-refractivity contribution >= 4 is 10.1 Å². The van der Waals surface area contributed by atoms with Crippen LogP contribution in [0.25, 0.3) is 0 Å². The van der Waals surface area contributed by atoms with E-state index >= 15 is 0 Å². The molecule has 1 unspecified atom stereocenters. The third-order valence-electron chi connectivity index (χ3n) is 0.704. The molecule has 0 rings (SSSR count). The smallest absolute Gasteiger partial charge is 0.296 e. The highest BCUT2D eigenvalue weighted by molar-refractivity contribution is 7.86. The molecule has 0 aliphatic carbocycles. The SMILES string of the molecule is C=C(C)C(O)S(=O)(=O)O. The monoisotopic (exact) mass is 152 g/mol. The van der Waals surface area contributed by atoms with Gasteiger partial charge in [-0.05, 0) is 12.5 Å². The summed E-state index contributed by atoms with van der Waals surface area (Å²) >= 11 is 0. The summed E-state index contributed by atoms with van der Waals surface area (Å²) in [6, 6.07) is 0. The largest absolute Gasteiger partial charge is 0.372 e. The maximum atomic E-state index is 10.0. The molecular weight excluding hydrogens is 144 g/mol. The van der Waals surface area contributed by atoms with Crippen molar-refractivity contribution in [1.29, 1.82) is 0 Å². The molecule has 0 aliphatic heterocycles. The second-order valence-corrected chi connectivity index (χ2v) is 3.19. The lowest BCUT2D eigenvalue weighted by atomic mass is 10.4. The molecule has 0 spiro atoms. The van der Waals surface area contributed by atoms with Gasteiger partial charge in [0.05, 0.1) is 0 Å². The normalized spacial score (nSPS) is 15.0. The van der Waals surface area contributed by atoms with Gasteiger partial charge in [0.2, 0.25) is 5.44 Å². The van der Waals surface area contributed by atoms with Crippen LogP contribution >= 0.6 is 0 Å². The summed E-state index contributed by atoms with van der Waals surface area (Å²) in [7, 11) is -4.35. The van der Waals surface area contributed by atoms with Crippen LogP contribution in [-0.4, -0.2) is 23.5 Å². The molecule has 0 saturated carbocycles. The predicted octanol–water partition coefficient (Wildman–Crippen LogP) is -0.231. The van der Waals surface area contributed by atoms with Crippen LogP contribution in [0.15, 0.2) is 12.2 Å². The molecular formula is C4H8O4S. The van der Waals surface area contributed by atoms with E-state index in [-0.39, 0.29) is 5.57 Å². The van der Waals surface area contributed by atoms with Gasteiger partial charge in [-0.3, -0.25) is 4.55 Å². The van der Waals surface area contributed by atoms with Gasteiger partial charge in [-0.15, -0.1) is 0 Å². The van der Waals surface area contributed by atoms with Crippen molar-refractivity contribution in [3.8, 4) is 0 Å². The average Bonchev–Trinajstić information content (AvgIpc) is 1.62. The Kier molecular flexibility index (Phi) is 2.36. The van der Waals surface area contributed by atoms with E-state index in [2.05, 4.69) is 6.58 Å². The molecule has 0 amide bonds. The minimum Gasteiger partial charge on any atom is -0.372 e. The first-order chi connectivity index (χ1) is 3.85. The van der Waals surface area contributed by atoms with E-state index in [1.54, 1.807) is 0 Å². The lowest BCUT2D eigenvalue weighted by molar-refractivity contribution is 0.265. The van der Waals surface area contributed by atoms with Gasteiger partial charge >= 0.3 is 0 Å². The first-order valence-electron chi connectivity index (χ1n) is 2.15. The summed E-state index contributed by atoms with van der Waals surface area (Å²) < 4.78 is 28.2. The van der Waals surface area contributed by atoms with Crippen LogP contribution in [0, 0.1) is 0 Å². The lowest BCUT2D eigenvalue weighted by Gasteiger charge is -2.03. The summed E-state index contributed by atoms with van der Waals surface area (Å²) in [4.78, 5) is 0. The zero-order chi connectivity index (χ0) is 7.65. The summed E-state index contributed by atoms with van der Waals surface area (Å²) in [6.45, 7) is 4.44. The molecule has 0 aliphatic rings. The predicted molar refractivity (Wildman–Crippen MR) is 32.4 cm³/mol. The van der Waals surface area contributed by atoms with Gasteiger partial charge in [0, 0.05) is 0 Å². The summed E-state index contributed by atoms with van der Waals surface area (Å²) in [5.41, 5.74) is -1.85. The van der Waals surface area contributed by atoms with Crippen molar-refractivity contribution in [1.82, 2.24) is 0 Å². The number of hydrogen-bond donors (Lipinski definition) is 2. The molecule has 0 aromatic heterocycles. The molecule has 9 heavy (non-hydrogen) atoms. The van der Waals surface area contributed by atoms with Gasteiger partial charge in [0.25, 0.3) is 10.1 Å². The minimum absolute atomic E-state index is 0.00231. The lowest BCUT2D eigenvalue weighted by Crippen LogP contribution is -2.20. The van der Waals surface area contributed by atoms with Crippen LogP contribution in [0.1, 0.15) is 6.92 Å². The molecule has 2 N–H and O–H groups in total. The third-order valence-corrected chi connectivity index (χ3v) is 1.67. The van der Waals surface area contributed by atoms with E-state index in [1.807, 2.05) is 0 Å².